The molecule has 6 nitrogen and oxygen atoms in total. The molecule has 0 aromatic rings. The molecule has 0 saturated carbocycles. The van der Waals surface area contributed by atoms with Crippen LogP contribution in [-0.2, 0) is 19.1 Å². The fourth-order valence-corrected chi connectivity index (χ4v) is 2.08. The minimum atomic E-state index is -0.920. The highest BCUT2D eigenvalue weighted by molar-refractivity contribution is 5.85. The van der Waals surface area contributed by atoms with Crippen LogP contribution in [0.25, 0.3) is 0 Å². The van der Waals surface area contributed by atoms with E-state index in [1.807, 2.05) is 0 Å². The average molecular weight is 269 g/mol. The van der Waals surface area contributed by atoms with E-state index >= 15 is 0 Å². The summed E-state index contributed by atoms with van der Waals surface area (Å²) in [5, 5.41) is 8.52. The fourth-order valence-electron chi connectivity index (χ4n) is 2.08. The second-order valence-corrected chi connectivity index (χ2v) is 4.41. The predicted molar refractivity (Wildman–Crippen MR) is 67.4 cm³/mol. The summed E-state index contributed by atoms with van der Waals surface area (Å²) in [5.41, 5.74) is 0. The summed E-state index contributed by atoms with van der Waals surface area (Å²) in [7, 11) is 0. The molecule has 0 aromatic heterocycles. The molecule has 0 aliphatic carbocycles. The first kappa shape index (κ1) is 15.2. The number of ether oxygens (including phenoxy) is 1. The number of hydrogen-bond donors (Lipinski definition) is 1. The Morgan fingerprint density at radius 3 is 2.74 bits per heavy atom. The van der Waals surface area contributed by atoms with Crippen molar-refractivity contribution in [2.24, 2.45) is 0 Å². The maximum Gasteiger partial charge on any atom is 0.329 e. The van der Waals surface area contributed by atoms with Crippen molar-refractivity contribution < 1.29 is 24.2 Å². The molecule has 106 valence electrons. The zero-order valence-corrected chi connectivity index (χ0v) is 10.8. The van der Waals surface area contributed by atoms with Crippen LogP contribution < -0.4 is 0 Å². The van der Waals surface area contributed by atoms with Gasteiger partial charge in [0.25, 0.3) is 0 Å². The first-order valence-corrected chi connectivity index (χ1v) is 6.35. The molecule has 1 fully saturated rings. The third kappa shape index (κ3) is 4.73. The number of amides is 1. The molecule has 1 heterocycles. The lowest BCUT2D eigenvalue weighted by molar-refractivity contribution is -0.152. The molecule has 0 radical (unpaired) electrons. The van der Waals surface area contributed by atoms with Crippen LogP contribution in [0.4, 0.5) is 0 Å². The largest absolute Gasteiger partial charge is 0.481 e. The topological polar surface area (TPSA) is 83.9 Å². The van der Waals surface area contributed by atoms with Gasteiger partial charge in [0.05, 0.1) is 0 Å². The van der Waals surface area contributed by atoms with Crippen LogP contribution in [0.2, 0.25) is 0 Å². The molecular weight excluding hydrogens is 250 g/mol. The molecule has 1 aliphatic rings. The quantitative estimate of drug-likeness (QED) is 0.549. The summed E-state index contributed by atoms with van der Waals surface area (Å²) in [6, 6.07) is -0.530. The molecule has 1 aliphatic heterocycles. The molecule has 1 amide bonds. The van der Waals surface area contributed by atoms with E-state index < -0.39 is 18.0 Å². The van der Waals surface area contributed by atoms with Gasteiger partial charge in [-0.25, -0.2) is 4.79 Å². The van der Waals surface area contributed by atoms with Crippen molar-refractivity contribution >= 4 is 17.8 Å². The lowest BCUT2D eigenvalue weighted by atomic mass is 10.2. The second-order valence-electron chi connectivity index (χ2n) is 4.41. The number of hydrogen-bond acceptors (Lipinski definition) is 4. The fraction of sp³-hybridized carbons (Fsp3) is 0.615. The second kappa shape index (κ2) is 7.56. The number of carbonyl (C=O) groups is 3. The van der Waals surface area contributed by atoms with E-state index in [1.165, 1.54) is 11.0 Å². The summed E-state index contributed by atoms with van der Waals surface area (Å²) >= 11 is 0. The van der Waals surface area contributed by atoms with Gasteiger partial charge < -0.3 is 14.7 Å². The maximum atomic E-state index is 11.9. The molecule has 1 atom stereocenters. The zero-order chi connectivity index (χ0) is 14.3. The number of esters is 1. The van der Waals surface area contributed by atoms with Gasteiger partial charge in [0.1, 0.15) is 12.6 Å². The Morgan fingerprint density at radius 1 is 1.37 bits per heavy atom. The Morgan fingerprint density at radius 2 is 2.11 bits per heavy atom. The van der Waals surface area contributed by atoms with Crippen molar-refractivity contribution in [2.45, 2.75) is 38.1 Å². The van der Waals surface area contributed by atoms with Gasteiger partial charge in [-0.05, 0) is 19.3 Å². The van der Waals surface area contributed by atoms with E-state index in [1.54, 1.807) is 0 Å². The first-order valence-electron chi connectivity index (χ1n) is 6.35. The summed E-state index contributed by atoms with van der Waals surface area (Å²) in [6.07, 6.45) is 3.24. The summed E-state index contributed by atoms with van der Waals surface area (Å²) < 4.78 is 4.95. The van der Waals surface area contributed by atoms with E-state index in [9.17, 15) is 14.4 Å². The lowest BCUT2D eigenvalue weighted by Gasteiger charge is -2.23. The number of aliphatic carboxylic acids is 1. The van der Waals surface area contributed by atoms with Crippen LogP contribution in [0.15, 0.2) is 12.7 Å². The van der Waals surface area contributed by atoms with Crippen molar-refractivity contribution in [1.82, 2.24) is 4.90 Å². The molecular formula is C13H19NO5. The standard InChI is InChI=1S/C13H19NO5/c1-2-9-19-13(18)10-5-4-8-14(10)11(15)6-3-7-12(16)17/h2,10H,1,3-9H2,(H,16,17)/t10-/m1/s1. The van der Waals surface area contributed by atoms with Crippen LogP contribution in [0.5, 0.6) is 0 Å². The number of carboxylic acid groups (broad SMARTS) is 1. The highest BCUT2D eigenvalue weighted by atomic mass is 16.5. The monoisotopic (exact) mass is 269 g/mol. The Bertz CT molecular complexity index is 366. The Labute approximate surface area is 112 Å². The van der Waals surface area contributed by atoms with Crippen molar-refractivity contribution in [3.05, 3.63) is 12.7 Å². The third-order valence-corrected chi connectivity index (χ3v) is 2.97. The molecule has 1 rings (SSSR count). The van der Waals surface area contributed by atoms with Crippen molar-refractivity contribution in [3.8, 4) is 0 Å². The van der Waals surface area contributed by atoms with Crippen LogP contribution in [0.3, 0.4) is 0 Å². The number of carboxylic acids is 1. The molecule has 19 heavy (non-hydrogen) atoms. The van der Waals surface area contributed by atoms with Crippen molar-refractivity contribution in [2.75, 3.05) is 13.2 Å². The molecule has 1 saturated heterocycles. The average Bonchev–Trinajstić information content (AvgIpc) is 2.84. The SMILES string of the molecule is C=CCOC(=O)[C@H]1CCCN1C(=O)CCCC(=O)O. The third-order valence-electron chi connectivity index (χ3n) is 2.97. The number of likely N-dealkylation sites (tertiary alicyclic amines) is 1. The van der Waals surface area contributed by atoms with Gasteiger partial charge in [0.15, 0.2) is 0 Å². The lowest BCUT2D eigenvalue weighted by Crippen LogP contribution is -2.41. The molecule has 0 spiro atoms. The van der Waals surface area contributed by atoms with E-state index in [0.29, 0.717) is 19.4 Å². The van der Waals surface area contributed by atoms with Gasteiger partial charge in [-0.1, -0.05) is 12.7 Å². The molecule has 0 unspecified atom stereocenters. The Kier molecular flexibility index (Phi) is 6.05. The van der Waals surface area contributed by atoms with Crippen molar-refractivity contribution in [3.63, 3.8) is 0 Å². The molecule has 0 bridgehead atoms. The molecule has 0 aromatic carbocycles. The maximum absolute atomic E-state index is 11.9. The van der Waals surface area contributed by atoms with Crippen LogP contribution in [0.1, 0.15) is 32.1 Å². The minimum absolute atomic E-state index is 0.0366. The predicted octanol–water partition coefficient (Wildman–Crippen LogP) is 0.962. The molecule has 6 heteroatoms. The van der Waals surface area contributed by atoms with E-state index in [2.05, 4.69) is 6.58 Å². The van der Waals surface area contributed by atoms with E-state index in [0.717, 1.165) is 6.42 Å². The first-order chi connectivity index (χ1) is 9.06. The van der Waals surface area contributed by atoms with Gasteiger partial charge in [0.2, 0.25) is 5.91 Å². The van der Waals surface area contributed by atoms with Gasteiger partial charge in [-0.2, -0.15) is 0 Å². The summed E-state index contributed by atoms with van der Waals surface area (Å²) in [4.78, 5) is 35.5. The van der Waals surface area contributed by atoms with E-state index in [4.69, 9.17) is 9.84 Å². The number of nitrogens with zero attached hydrogens (tertiary/aromatic N) is 1. The molecule has 1 N–H and O–H groups in total. The van der Waals surface area contributed by atoms with Crippen LogP contribution in [0, 0.1) is 0 Å². The Hall–Kier alpha value is -1.85. The normalized spacial score (nSPS) is 18.1. The minimum Gasteiger partial charge on any atom is -0.481 e. The smallest absolute Gasteiger partial charge is 0.329 e. The zero-order valence-electron chi connectivity index (χ0n) is 10.8. The van der Waals surface area contributed by atoms with Gasteiger partial charge in [0, 0.05) is 19.4 Å². The summed E-state index contributed by atoms with van der Waals surface area (Å²) in [5.74, 6) is -1.51. The highest BCUT2D eigenvalue weighted by Gasteiger charge is 2.34. The van der Waals surface area contributed by atoms with Gasteiger partial charge in [-0.15, -0.1) is 0 Å². The number of rotatable bonds is 7. The number of carbonyl (C=O) groups excluding carboxylic acids is 2. The van der Waals surface area contributed by atoms with Crippen molar-refractivity contribution in [1.29, 1.82) is 0 Å². The van der Waals surface area contributed by atoms with Gasteiger partial charge >= 0.3 is 11.9 Å². The summed E-state index contributed by atoms with van der Waals surface area (Å²) in [6.45, 7) is 4.12. The highest BCUT2D eigenvalue weighted by Crippen LogP contribution is 2.20. The van der Waals surface area contributed by atoms with Gasteiger partial charge in [-0.3, -0.25) is 9.59 Å². The van der Waals surface area contributed by atoms with E-state index in [-0.39, 0.29) is 25.4 Å². The van der Waals surface area contributed by atoms with Crippen LogP contribution >= 0.6 is 0 Å². The van der Waals surface area contributed by atoms with Crippen LogP contribution in [-0.4, -0.2) is 47.0 Å². The Balaban J connectivity index is 2.46.